The van der Waals surface area contributed by atoms with Crippen LogP contribution in [0, 0.1) is 5.92 Å². The summed E-state index contributed by atoms with van der Waals surface area (Å²) in [5, 5.41) is 3.49. The maximum atomic E-state index is 6.01. The highest BCUT2D eigenvalue weighted by molar-refractivity contribution is 4.97. The number of hydrogen-bond donors (Lipinski definition) is 1. The van der Waals surface area contributed by atoms with Gasteiger partial charge in [-0.2, -0.15) is 0 Å². The fraction of sp³-hybridized carbons (Fsp3) is 1.00. The third-order valence-electron chi connectivity index (χ3n) is 4.31. The van der Waals surface area contributed by atoms with Crippen molar-refractivity contribution in [1.82, 2.24) is 5.32 Å². The quantitative estimate of drug-likeness (QED) is 0.687. The van der Waals surface area contributed by atoms with Crippen LogP contribution in [0.25, 0.3) is 0 Å². The summed E-state index contributed by atoms with van der Waals surface area (Å²) in [7, 11) is 0. The average Bonchev–Trinajstić information content (AvgIpc) is 2.30. The second-order valence-corrected chi connectivity index (χ2v) is 5.73. The van der Waals surface area contributed by atoms with Crippen LogP contribution in [0.4, 0.5) is 0 Å². The lowest BCUT2D eigenvalue weighted by atomic mass is 9.83. The summed E-state index contributed by atoms with van der Waals surface area (Å²) in [5.41, 5.74) is 0. The van der Waals surface area contributed by atoms with E-state index in [1.54, 1.807) is 0 Å². The molecule has 106 valence electrons. The Kier molecular flexibility index (Phi) is 5.93. The van der Waals surface area contributed by atoms with Crippen molar-refractivity contribution in [1.29, 1.82) is 0 Å². The van der Waals surface area contributed by atoms with Gasteiger partial charge in [-0.1, -0.05) is 33.1 Å². The molecule has 2 aliphatic rings. The standard InChI is InChI=1S/C15H29NO2/c1-3-9-18-15-13(16-4-2)11-14(15)17-10-8-12-6-5-7-12/h12-16H,3-11H2,1-2H3. The van der Waals surface area contributed by atoms with Crippen LogP contribution in [0.2, 0.25) is 0 Å². The minimum Gasteiger partial charge on any atom is -0.375 e. The van der Waals surface area contributed by atoms with Gasteiger partial charge >= 0.3 is 0 Å². The SMILES string of the molecule is CCCOC1C(NCC)CC1OCCC1CCC1. The van der Waals surface area contributed by atoms with Crippen LogP contribution in [-0.4, -0.2) is 38.0 Å². The Morgan fingerprint density at radius 3 is 2.56 bits per heavy atom. The first-order chi connectivity index (χ1) is 8.85. The van der Waals surface area contributed by atoms with E-state index < -0.39 is 0 Å². The fourth-order valence-electron chi connectivity index (χ4n) is 2.85. The zero-order chi connectivity index (χ0) is 12.8. The van der Waals surface area contributed by atoms with Gasteiger partial charge in [0.1, 0.15) is 0 Å². The lowest BCUT2D eigenvalue weighted by Gasteiger charge is -2.44. The van der Waals surface area contributed by atoms with Crippen LogP contribution in [-0.2, 0) is 9.47 Å². The summed E-state index contributed by atoms with van der Waals surface area (Å²) < 4.78 is 11.9. The van der Waals surface area contributed by atoms with Gasteiger partial charge in [0, 0.05) is 19.3 Å². The fourth-order valence-corrected chi connectivity index (χ4v) is 2.85. The normalized spacial score (nSPS) is 32.0. The van der Waals surface area contributed by atoms with Crippen molar-refractivity contribution in [2.45, 2.75) is 70.6 Å². The molecule has 18 heavy (non-hydrogen) atoms. The Morgan fingerprint density at radius 2 is 1.94 bits per heavy atom. The predicted octanol–water partition coefficient (Wildman–Crippen LogP) is 2.74. The van der Waals surface area contributed by atoms with E-state index in [9.17, 15) is 0 Å². The molecule has 3 atom stereocenters. The number of rotatable bonds is 9. The van der Waals surface area contributed by atoms with Crippen LogP contribution >= 0.6 is 0 Å². The summed E-state index contributed by atoms with van der Waals surface area (Å²) >= 11 is 0. The third kappa shape index (κ3) is 3.69. The number of hydrogen-bond acceptors (Lipinski definition) is 3. The molecule has 0 amide bonds. The molecule has 2 fully saturated rings. The molecule has 0 aliphatic heterocycles. The average molecular weight is 255 g/mol. The van der Waals surface area contributed by atoms with Crippen molar-refractivity contribution >= 4 is 0 Å². The van der Waals surface area contributed by atoms with Gasteiger partial charge in [0.25, 0.3) is 0 Å². The highest BCUT2D eigenvalue weighted by Crippen LogP contribution is 2.31. The topological polar surface area (TPSA) is 30.5 Å². The Morgan fingerprint density at radius 1 is 1.11 bits per heavy atom. The molecular weight excluding hydrogens is 226 g/mol. The molecule has 3 heteroatoms. The van der Waals surface area contributed by atoms with Crippen molar-refractivity contribution < 1.29 is 9.47 Å². The van der Waals surface area contributed by atoms with Crippen molar-refractivity contribution in [2.24, 2.45) is 5.92 Å². The minimum atomic E-state index is 0.284. The molecule has 0 radical (unpaired) electrons. The second kappa shape index (κ2) is 7.46. The first-order valence-corrected chi connectivity index (χ1v) is 7.81. The van der Waals surface area contributed by atoms with Crippen molar-refractivity contribution in [2.75, 3.05) is 19.8 Å². The van der Waals surface area contributed by atoms with Gasteiger partial charge in [-0.15, -0.1) is 0 Å². The summed E-state index contributed by atoms with van der Waals surface area (Å²) in [6, 6.07) is 0.509. The molecule has 0 aromatic carbocycles. The summed E-state index contributed by atoms with van der Waals surface area (Å²) in [6.45, 7) is 7.12. The van der Waals surface area contributed by atoms with Gasteiger partial charge < -0.3 is 14.8 Å². The molecule has 0 aromatic heterocycles. The smallest absolute Gasteiger partial charge is 0.0990 e. The van der Waals surface area contributed by atoms with Crippen LogP contribution < -0.4 is 5.32 Å². The molecule has 0 heterocycles. The Balaban J connectivity index is 1.63. The Labute approximate surface area is 112 Å². The van der Waals surface area contributed by atoms with Crippen LogP contribution in [0.3, 0.4) is 0 Å². The van der Waals surface area contributed by atoms with E-state index in [1.807, 2.05) is 0 Å². The number of ether oxygens (including phenoxy) is 2. The summed E-state index contributed by atoms with van der Waals surface area (Å²) in [6.07, 6.45) is 8.35. The lowest BCUT2D eigenvalue weighted by Crippen LogP contribution is -2.60. The molecule has 2 aliphatic carbocycles. The van der Waals surface area contributed by atoms with Gasteiger partial charge in [-0.3, -0.25) is 0 Å². The van der Waals surface area contributed by atoms with Crippen molar-refractivity contribution in [3.8, 4) is 0 Å². The van der Waals surface area contributed by atoms with Crippen LogP contribution in [0.1, 0.15) is 52.4 Å². The number of nitrogens with one attached hydrogen (secondary N) is 1. The van der Waals surface area contributed by atoms with Crippen LogP contribution in [0.15, 0.2) is 0 Å². The maximum absolute atomic E-state index is 6.01. The molecule has 3 nitrogen and oxygen atoms in total. The van der Waals surface area contributed by atoms with Gasteiger partial charge in [0.05, 0.1) is 12.2 Å². The monoisotopic (exact) mass is 255 g/mol. The van der Waals surface area contributed by atoms with E-state index in [4.69, 9.17) is 9.47 Å². The van der Waals surface area contributed by atoms with E-state index in [1.165, 1.54) is 25.7 Å². The third-order valence-corrected chi connectivity index (χ3v) is 4.31. The summed E-state index contributed by atoms with van der Waals surface area (Å²) in [4.78, 5) is 0. The highest BCUT2D eigenvalue weighted by Gasteiger charge is 2.42. The highest BCUT2D eigenvalue weighted by atomic mass is 16.5. The first-order valence-electron chi connectivity index (χ1n) is 7.81. The zero-order valence-corrected chi connectivity index (χ0v) is 12.0. The Hall–Kier alpha value is -0.120. The maximum Gasteiger partial charge on any atom is 0.0990 e. The molecule has 0 saturated heterocycles. The van der Waals surface area contributed by atoms with E-state index in [2.05, 4.69) is 19.2 Å². The predicted molar refractivity (Wildman–Crippen MR) is 73.8 cm³/mol. The molecule has 0 aromatic rings. The zero-order valence-electron chi connectivity index (χ0n) is 12.0. The van der Waals surface area contributed by atoms with E-state index in [-0.39, 0.29) is 6.10 Å². The molecule has 2 saturated carbocycles. The lowest BCUT2D eigenvalue weighted by molar-refractivity contribution is -0.149. The Bertz CT molecular complexity index is 231. The number of likely N-dealkylation sites (N-methyl/N-ethyl adjacent to an activating group) is 1. The van der Waals surface area contributed by atoms with Gasteiger partial charge in [-0.25, -0.2) is 0 Å². The first kappa shape index (κ1) is 14.3. The van der Waals surface area contributed by atoms with Crippen LogP contribution in [0.5, 0.6) is 0 Å². The van der Waals surface area contributed by atoms with E-state index in [0.29, 0.717) is 12.1 Å². The molecule has 1 N–H and O–H groups in total. The van der Waals surface area contributed by atoms with Gasteiger partial charge in [0.2, 0.25) is 0 Å². The summed E-state index contributed by atoms with van der Waals surface area (Å²) in [5.74, 6) is 0.949. The molecule has 3 unspecified atom stereocenters. The molecule has 0 spiro atoms. The minimum absolute atomic E-state index is 0.284. The van der Waals surface area contributed by atoms with Gasteiger partial charge in [0.15, 0.2) is 0 Å². The molecular formula is C15H29NO2. The van der Waals surface area contributed by atoms with E-state index >= 15 is 0 Å². The van der Waals surface area contributed by atoms with Gasteiger partial charge in [-0.05, 0) is 31.7 Å². The van der Waals surface area contributed by atoms with E-state index in [0.717, 1.165) is 38.5 Å². The molecule has 2 rings (SSSR count). The largest absolute Gasteiger partial charge is 0.375 e. The van der Waals surface area contributed by atoms with Crippen molar-refractivity contribution in [3.05, 3.63) is 0 Å². The molecule has 0 bridgehead atoms. The second-order valence-electron chi connectivity index (χ2n) is 5.73. The van der Waals surface area contributed by atoms with Crippen molar-refractivity contribution in [3.63, 3.8) is 0 Å².